The van der Waals surface area contributed by atoms with Gasteiger partial charge in [-0.2, -0.15) is 0 Å². The molecule has 0 saturated heterocycles. The van der Waals surface area contributed by atoms with E-state index in [-0.39, 0.29) is 11.9 Å². The van der Waals surface area contributed by atoms with Gasteiger partial charge in [-0.05, 0) is 37.5 Å². The average molecular weight is 372 g/mol. The minimum Gasteiger partial charge on any atom is -0.355 e. The second-order valence-electron chi connectivity index (χ2n) is 7.36. The number of amides is 1. The number of rotatable bonds is 4. The zero-order valence-corrected chi connectivity index (χ0v) is 16.5. The Morgan fingerprint density at radius 3 is 2.61 bits per heavy atom. The van der Waals surface area contributed by atoms with Crippen molar-refractivity contribution in [2.75, 3.05) is 16.8 Å². The molecule has 0 N–H and O–H groups in total. The van der Waals surface area contributed by atoms with Crippen molar-refractivity contribution in [3.8, 4) is 0 Å². The van der Waals surface area contributed by atoms with Crippen LogP contribution in [-0.2, 0) is 13.0 Å². The monoisotopic (exact) mass is 372 g/mol. The van der Waals surface area contributed by atoms with E-state index in [2.05, 4.69) is 35.1 Å². The number of nitrogens with zero attached hydrogens (tertiary/aromatic N) is 4. The molecule has 0 radical (unpaired) electrons. The van der Waals surface area contributed by atoms with Gasteiger partial charge in [-0.15, -0.1) is 0 Å². The summed E-state index contributed by atoms with van der Waals surface area (Å²) in [5, 5.41) is 0. The number of benzene rings is 2. The average Bonchev–Trinajstić information content (AvgIpc) is 3.03. The molecule has 0 aliphatic carbocycles. The molecule has 4 rings (SSSR count). The Morgan fingerprint density at radius 2 is 1.82 bits per heavy atom. The maximum atomic E-state index is 13.3. The van der Waals surface area contributed by atoms with Gasteiger partial charge in [-0.3, -0.25) is 4.79 Å². The van der Waals surface area contributed by atoms with E-state index in [0.29, 0.717) is 18.1 Å². The van der Waals surface area contributed by atoms with Crippen LogP contribution in [0.5, 0.6) is 0 Å². The van der Waals surface area contributed by atoms with Crippen molar-refractivity contribution >= 4 is 17.4 Å². The van der Waals surface area contributed by atoms with Gasteiger partial charge in [0.25, 0.3) is 5.91 Å². The highest BCUT2D eigenvalue weighted by molar-refractivity contribution is 6.06. The first kappa shape index (κ1) is 18.2. The molecule has 28 heavy (non-hydrogen) atoms. The summed E-state index contributed by atoms with van der Waals surface area (Å²) in [6.07, 6.45) is 0.868. The first-order valence-corrected chi connectivity index (χ1v) is 9.55. The van der Waals surface area contributed by atoms with Crippen LogP contribution in [0.25, 0.3) is 0 Å². The molecule has 0 saturated carbocycles. The molecule has 0 bridgehead atoms. The van der Waals surface area contributed by atoms with Gasteiger partial charge in [0.05, 0.1) is 0 Å². The second kappa shape index (κ2) is 7.43. The fraction of sp³-hybridized carbons (Fsp3) is 0.261. The first-order chi connectivity index (χ1) is 13.5. The summed E-state index contributed by atoms with van der Waals surface area (Å²) in [4.78, 5) is 26.2. The highest BCUT2D eigenvalue weighted by Gasteiger charge is 2.32. The molecule has 142 valence electrons. The summed E-state index contributed by atoms with van der Waals surface area (Å²) >= 11 is 0. The summed E-state index contributed by atoms with van der Waals surface area (Å²) in [6.45, 7) is 4.63. The fourth-order valence-electron chi connectivity index (χ4n) is 3.79. The Morgan fingerprint density at radius 1 is 1.11 bits per heavy atom. The van der Waals surface area contributed by atoms with E-state index in [1.165, 1.54) is 11.1 Å². The van der Waals surface area contributed by atoms with Crippen molar-refractivity contribution in [2.45, 2.75) is 32.9 Å². The van der Waals surface area contributed by atoms with Crippen molar-refractivity contribution in [2.24, 2.45) is 0 Å². The number of aromatic nitrogens is 2. The molecule has 0 fully saturated rings. The lowest BCUT2D eigenvalue weighted by molar-refractivity contribution is 0.0976. The number of carbonyl (C=O) groups is 1. The van der Waals surface area contributed by atoms with Gasteiger partial charge in [-0.1, -0.05) is 48.5 Å². The Kier molecular flexibility index (Phi) is 4.82. The maximum Gasteiger partial charge on any atom is 0.277 e. The molecular formula is C23H24N4O. The van der Waals surface area contributed by atoms with Crippen LogP contribution >= 0.6 is 0 Å². The van der Waals surface area contributed by atoms with E-state index in [1.807, 2.05) is 60.2 Å². The number of fused-ring (bicyclic) bond motifs is 1. The van der Waals surface area contributed by atoms with Gasteiger partial charge in [0.1, 0.15) is 17.3 Å². The number of carbonyl (C=O) groups excluding carboxylic acids is 1. The van der Waals surface area contributed by atoms with Crippen molar-refractivity contribution < 1.29 is 4.79 Å². The Bertz CT molecular complexity index is 1000. The third-order valence-electron chi connectivity index (χ3n) is 5.12. The SMILES string of the molecule is Cc1nc(C(=O)N2c3ccccc3CC2C)cc(N(C)Cc2ccccc2)n1. The minimum atomic E-state index is -0.0719. The third kappa shape index (κ3) is 3.48. The zero-order valence-electron chi connectivity index (χ0n) is 16.5. The zero-order chi connectivity index (χ0) is 19.7. The second-order valence-corrected chi connectivity index (χ2v) is 7.36. The highest BCUT2D eigenvalue weighted by Crippen LogP contribution is 2.33. The lowest BCUT2D eigenvalue weighted by atomic mass is 10.1. The van der Waals surface area contributed by atoms with E-state index < -0.39 is 0 Å². The maximum absolute atomic E-state index is 13.3. The van der Waals surface area contributed by atoms with Gasteiger partial charge < -0.3 is 9.80 Å². The third-order valence-corrected chi connectivity index (χ3v) is 5.12. The van der Waals surface area contributed by atoms with Gasteiger partial charge in [-0.25, -0.2) is 9.97 Å². The number of hydrogen-bond donors (Lipinski definition) is 0. The Hall–Kier alpha value is -3.21. The molecule has 1 aliphatic rings. The van der Waals surface area contributed by atoms with Gasteiger partial charge in [0, 0.05) is 31.4 Å². The molecule has 5 heteroatoms. The molecule has 1 aliphatic heterocycles. The van der Waals surface area contributed by atoms with Gasteiger partial charge in [0.2, 0.25) is 0 Å². The molecular weight excluding hydrogens is 348 g/mol. The summed E-state index contributed by atoms with van der Waals surface area (Å²) in [5.41, 5.74) is 3.81. The van der Waals surface area contributed by atoms with Crippen LogP contribution in [-0.4, -0.2) is 29.0 Å². The van der Waals surface area contributed by atoms with Crippen LogP contribution in [0.3, 0.4) is 0 Å². The van der Waals surface area contributed by atoms with Crippen molar-refractivity contribution in [3.63, 3.8) is 0 Å². The highest BCUT2D eigenvalue weighted by atomic mass is 16.2. The van der Waals surface area contributed by atoms with Crippen LogP contribution in [0.4, 0.5) is 11.5 Å². The van der Waals surface area contributed by atoms with E-state index in [9.17, 15) is 4.79 Å². The van der Waals surface area contributed by atoms with E-state index in [4.69, 9.17) is 0 Å². The summed E-state index contributed by atoms with van der Waals surface area (Å²) in [7, 11) is 1.98. The number of anilines is 2. The predicted octanol–water partition coefficient (Wildman–Crippen LogP) is 4.01. The Balaban J connectivity index is 1.63. The predicted molar refractivity (Wildman–Crippen MR) is 112 cm³/mol. The standard InChI is InChI=1S/C23H24N4O/c1-16-13-19-11-7-8-12-21(19)27(16)23(28)20-14-22(25-17(2)24-20)26(3)15-18-9-5-4-6-10-18/h4-12,14,16H,13,15H2,1-3H3. The number of aryl methyl sites for hydroxylation is 1. The van der Waals surface area contributed by atoms with Crippen LogP contribution in [0.15, 0.2) is 60.7 Å². The molecule has 2 aromatic carbocycles. The van der Waals surface area contributed by atoms with Crippen LogP contribution in [0.1, 0.15) is 34.4 Å². The van der Waals surface area contributed by atoms with Crippen LogP contribution in [0.2, 0.25) is 0 Å². The molecule has 3 aromatic rings. The molecule has 0 spiro atoms. The lowest BCUT2D eigenvalue weighted by Crippen LogP contribution is -2.36. The smallest absolute Gasteiger partial charge is 0.277 e. The van der Waals surface area contributed by atoms with Gasteiger partial charge in [0.15, 0.2) is 0 Å². The lowest BCUT2D eigenvalue weighted by Gasteiger charge is -2.24. The van der Waals surface area contributed by atoms with Crippen LogP contribution in [0, 0.1) is 6.92 Å². The number of hydrogen-bond acceptors (Lipinski definition) is 4. The fourth-order valence-corrected chi connectivity index (χ4v) is 3.79. The summed E-state index contributed by atoms with van der Waals surface area (Å²) in [5.74, 6) is 1.28. The van der Waals surface area contributed by atoms with Crippen molar-refractivity contribution in [1.29, 1.82) is 0 Å². The van der Waals surface area contributed by atoms with Crippen molar-refractivity contribution in [1.82, 2.24) is 9.97 Å². The van der Waals surface area contributed by atoms with E-state index >= 15 is 0 Å². The molecule has 1 atom stereocenters. The number of para-hydroxylation sites is 1. The molecule has 2 heterocycles. The minimum absolute atomic E-state index is 0.0719. The quantitative estimate of drug-likeness (QED) is 0.694. The van der Waals surface area contributed by atoms with Gasteiger partial charge >= 0.3 is 0 Å². The van der Waals surface area contributed by atoms with Crippen LogP contribution < -0.4 is 9.80 Å². The molecule has 1 amide bonds. The first-order valence-electron chi connectivity index (χ1n) is 9.55. The molecule has 5 nitrogen and oxygen atoms in total. The largest absolute Gasteiger partial charge is 0.355 e. The summed E-state index contributed by atoms with van der Waals surface area (Å²) < 4.78 is 0. The van der Waals surface area contributed by atoms with E-state index in [0.717, 1.165) is 17.9 Å². The normalized spacial score (nSPS) is 15.4. The molecule has 1 unspecified atom stereocenters. The summed E-state index contributed by atoms with van der Waals surface area (Å²) in [6, 6.07) is 20.2. The van der Waals surface area contributed by atoms with Crippen molar-refractivity contribution in [3.05, 3.63) is 83.3 Å². The Labute approximate surface area is 165 Å². The molecule has 1 aromatic heterocycles. The topological polar surface area (TPSA) is 49.3 Å². The van der Waals surface area contributed by atoms with E-state index in [1.54, 1.807) is 6.07 Å².